The third kappa shape index (κ3) is 3.15. The second-order valence-electron chi connectivity index (χ2n) is 5.57. The summed E-state index contributed by atoms with van der Waals surface area (Å²) in [5, 5.41) is 7.46. The summed E-state index contributed by atoms with van der Waals surface area (Å²) in [5.41, 5.74) is 4.48. The van der Waals surface area contributed by atoms with E-state index in [1.54, 1.807) is 0 Å². The average molecular weight is 384 g/mol. The Kier molecular flexibility index (Phi) is 4.45. The van der Waals surface area contributed by atoms with Crippen LogP contribution in [0.1, 0.15) is 23.4 Å². The molecule has 11 heteroatoms. The van der Waals surface area contributed by atoms with Gasteiger partial charge in [0.25, 0.3) is 5.69 Å². The Labute approximate surface area is 150 Å². The monoisotopic (exact) mass is 383 g/mol. The molecule has 1 aliphatic rings. The van der Waals surface area contributed by atoms with Crippen LogP contribution in [0.3, 0.4) is 0 Å². The van der Waals surface area contributed by atoms with Crippen LogP contribution in [0, 0.1) is 10.1 Å². The molecule has 1 aromatic carbocycles. The predicted molar refractivity (Wildman–Crippen MR) is 88.6 cm³/mol. The molecule has 1 aromatic heterocycles. The van der Waals surface area contributed by atoms with Crippen molar-refractivity contribution in [3.63, 3.8) is 0 Å². The lowest BCUT2D eigenvalue weighted by molar-refractivity contribution is -0.384. The van der Waals surface area contributed by atoms with Gasteiger partial charge in [0.2, 0.25) is 5.95 Å². The summed E-state index contributed by atoms with van der Waals surface area (Å²) in [4.78, 5) is 30.9. The molecule has 0 radical (unpaired) electrons. The first-order chi connectivity index (χ1) is 12.2. The molecule has 2 N–H and O–H groups in total. The summed E-state index contributed by atoms with van der Waals surface area (Å²) in [6, 6.07) is 4.07. The van der Waals surface area contributed by atoms with Gasteiger partial charge in [0, 0.05) is 17.3 Å². The molecule has 1 aliphatic carbocycles. The molecule has 3 rings (SSSR count). The van der Waals surface area contributed by atoms with Crippen LogP contribution in [0.4, 0.5) is 30.9 Å². The number of halogens is 3. The molecule has 0 spiro atoms. The molecule has 0 fully saturated rings. The fourth-order valence-corrected chi connectivity index (χ4v) is 3.04. The minimum absolute atomic E-state index is 0.223. The number of hydrogen-bond acceptors (Lipinski definition) is 5. The van der Waals surface area contributed by atoms with Crippen molar-refractivity contribution in [2.75, 3.05) is 4.90 Å². The van der Waals surface area contributed by atoms with Gasteiger partial charge in [0.15, 0.2) is 0 Å². The van der Waals surface area contributed by atoms with E-state index in [1.807, 2.05) is 0 Å². The smallest absolute Gasteiger partial charge is 0.351 e. The number of fused-ring (bicyclic) bond motifs is 1. The third-order valence-corrected chi connectivity index (χ3v) is 4.11. The molecule has 1 heterocycles. The van der Waals surface area contributed by atoms with Crippen LogP contribution in [-0.4, -0.2) is 20.9 Å². The Morgan fingerprint density at radius 2 is 2.00 bits per heavy atom. The van der Waals surface area contributed by atoms with Crippen molar-refractivity contribution in [3.05, 3.63) is 51.3 Å². The van der Waals surface area contributed by atoms with Gasteiger partial charge in [-0.2, -0.15) is 8.78 Å². The number of carbonyl (C=O) groups is 1. The number of hydrogen-bond donors (Lipinski definition) is 1. The van der Waals surface area contributed by atoms with Crippen LogP contribution in [-0.2, 0) is 18.2 Å². The van der Waals surface area contributed by atoms with Gasteiger partial charge in [-0.3, -0.25) is 10.1 Å². The van der Waals surface area contributed by atoms with Gasteiger partial charge in [0.05, 0.1) is 4.92 Å². The lowest BCUT2D eigenvalue weighted by Crippen LogP contribution is -2.34. The Hall–Kier alpha value is -2.88. The molecule has 26 heavy (non-hydrogen) atoms. The second kappa shape index (κ2) is 6.45. The van der Waals surface area contributed by atoms with E-state index < -0.39 is 33.7 Å². The molecule has 136 valence electrons. The van der Waals surface area contributed by atoms with E-state index in [1.165, 1.54) is 18.2 Å². The number of aryl methyl sites for hydroxylation is 1. The maximum atomic E-state index is 13.8. The minimum Gasteiger partial charge on any atom is -0.351 e. The first kappa shape index (κ1) is 17.9. The number of anilines is 2. The van der Waals surface area contributed by atoms with Crippen LogP contribution >= 0.6 is 11.6 Å². The number of nitrogens with two attached hydrogens (primary N) is 1. The van der Waals surface area contributed by atoms with Gasteiger partial charge >= 0.3 is 11.4 Å². The largest absolute Gasteiger partial charge is 0.365 e. The standard InChI is InChI=1S/C15H12ClF2N5O3/c16-15(17,18)12-8-4-3-5-9(8)20-14(21-12)22(13(19)24)10-6-1-2-7-11(10)23(25)26/h1-2,6-7H,3-5H2,(H2,19,24). The van der Waals surface area contributed by atoms with E-state index in [9.17, 15) is 23.7 Å². The van der Waals surface area contributed by atoms with Gasteiger partial charge < -0.3 is 5.73 Å². The van der Waals surface area contributed by atoms with Crippen molar-refractivity contribution in [1.82, 2.24) is 9.97 Å². The van der Waals surface area contributed by atoms with E-state index in [0.717, 1.165) is 6.07 Å². The van der Waals surface area contributed by atoms with E-state index in [2.05, 4.69) is 9.97 Å². The number of alkyl halides is 3. The first-order valence-electron chi connectivity index (χ1n) is 7.50. The molecule has 0 bridgehead atoms. The van der Waals surface area contributed by atoms with Crippen molar-refractivity contribution < 1.29 is 18.5 Å². The molecular formula is C15H12ClF2N5O3. The fourth-order valence-electron chi connectivity index (χ4n) is 2.89. The number of nitrogens with zero attached hydrogens (tertiary/aromatic N) is 4. The number of aromatic nitrogens is 2. The number of carbonyl (C=O) groups excluding carboxylic acids is 1. The van der Waals surface area contributed by atoms with Crippen molar-refractivity contribution >= 4 is 35.0 Å². The maximum absolute atomic E-state index is 13.8. The number of para-hydroxylation sites is 2. The maximum Gasteiger partial charge on any atom is 0.365 e. The molecular weight excluding hydrogens is 372 g/mol. The summed E-state index contributed by atoms with van der Waals surface area (Å²) in [7, 11) is 0. The van der Waals surface area contributed by atoms with Crippen LogP contribution in [0.25, 0.3) is 0 Å². The Bertz CT molecular complexity index is 903. The van der Waals surface area contributed by atoms with Crippen LogP contribution < -0.4 is 10.6 Å². The number of benzene rings is 1. The quantitative estimate of drug-likeness (QED) is 0.493. The lowest BCUT2D eigenvalue weighted by Gasteiger charge is -2.21. The highest BCUT2D eigenvalue weighted by Crippen LogP contribution is 2.39. The number of amides is 2. The van der Waals surface area contributed by atoms with Crippen molar-refractivity contribution in [1.29, 1.82) is 0 Å². The first-order valence-corrected chi connectivity index (χ1v) is 7.88. The summed E-state index contributed by atoms with van der Waals surface area (Å²) in [5.74, 6) is -0.484. The highest BCUT2D eigenvalue weighted by atomic mass is 35.5. The molecule has 0 saturated carbocycles. The summed E-state index contributed by atoms with van der Waals surface area (Å²) in [6.45, 7) is 0. The number of urea groups is 1. The van der Waals surface area contributed by atoms with Crippen LogP contribution in [0.5, 0.6) is 0 Å². The van der Waals surface area contributed by atoms with Gasteiger partial charge in [-0.25, -0.2) is 19.7 Å². The van der Waals surface area contributed by atoms with E-state index in [-0.39, 0.29) is 11.3 Å². The number of primary amides is 1. The van der Waals surface area contributed by atoms with E-state index in [4.69, 9.17) is 17.3 Å². The number of nitro benzene ring substituents is 1. The van der Waals surface area contributed by atoms with Crippen molar-refractivity contribution in [3.8, 4) is 0 Å². The average Bonchev–Trinajstić information content (AvgIpc) is 3.01. The molecule has 0 unspecified atom stereocenters. The Balaban J connectivity index is 2.23. The summed E-state index contributed by atoms with van der Waals surface area (Å²) in [6.07, 6.45) is 1.30. The van der Waals surface area contributed by atoms with Crippen LogP contribution in [0.15, 0.2) is 24.3 Å². The van der Waals surface area contributed by atoms with E-state index >= 15 is 0 Å². The SMILES string of the molecule is NC(=O)N(c1nc2c(c(C(F)(F)Cl)n1)CCC2)c1ccccc1[N+](=O)[O-]. The second-order valence-corrected chi connectivity index (χ2v) is 6.04. The fraction of sp³-hybridized carbons (Fsp3) is 0.267. The Morgan fingerprint density at radius 3 is 2.62 bits per heavy atom. The molecule has 8 nitrogen and oxygen atoms in total. The van der Waals surface area contributed by atoms with Gasteiger partial charge in [-0.05, 0) is 36.9 Å². The highest BCUT2D eigenvalue weighted by Gasteiger charge is 2.38. The zero-order valence-corrected chi connectivity index (χ0v) is 13.9. The minimum atomic E-state index is -3.78. The highest BCUT2D eigenvalue weighted by molar-refractivity contribution is 6.21. The van der Waals surface area contributed by atoms with Gasteiger partial charge in [-0.1, -0.05) is 12.1 Å². The van der Waals surface area contributed by atoms with Crippen molar-refractivity contribution in [2.45, 2.75) is 24.6 Å². The Morgan fingerprint density at radius 1 is 1.31 bits per heavy atom. The zero-order valence-electron chi connectivity index (χ0n) is 13.2. The molecule has 2 aromatic rings. The molecule has 0 saturated heterocycles. The number of nitro groups is 1. The molecule has 0 aliphatic heterocycles. The van der Waals surface area contributed by atoms with Crippen molar-refractivity contribution in [2.24, 2.45) is 5.73 Å². The third-order valence-electron chi connectivity index (χ3n) is 3.93. The zero-order chi connectivity index (χ0) is 19.1. The topological polar surface area (TPSA) is 115 Å². The number of rotatable bonds is 4. The van der Waals surface area contributed by atoms with Gasteiger partial charge in [0.1, 0.15) is 11.4 Å². The van der Waals surface area contributed by atoms with Crippen LogP contribution in [0.2, 0.25) is 0 Å². The summed E-state index contributed by atoms with van der Waals surface area (Å²) < 4.78 is 27.6. The predicted octanol–water partition coefficient (Wildman–Crippen LogP) is 3.38. The summed E-state index contributed by atoms with van der Waals surface area (Å²) >= 11 is 5.16. The van der Waals surface area contributed by atoms with Gasteiger partial charge in [-0.15, -0.1) is 0 Å². The molecule has 2 amide bonds. The normalized spacial score (nSPS) is 13.3. The lowest BCUT2D eigenvalue weighted by atomic mass is 10.2. The molecule has 0 atom stereocenters. The van der Waals surface area contributed by atoms with E-state index in [0.29, 0.717) is 29.9 Å².